The van der Waals surface area contributed by atoms with Gasteiger partial charge in [0.25, 0.3) is 5.91 Å². The van der Waals surface area contributed by atoms with E-state index in [1.54, 1.807) is 42.2 Å². The van der Waals surface area contributed by atoms with Gasteiger partial charge in [-0.2, -0.15) is 0 Å². The number of nitrogens with zero attached hydrogens (tertiary/aromatic N) is 1. The Kier molecular flexibility index (Phi) is 5.36. The molecule has 1 heterocycles. The highest BCUT2D eigenvalue weighted by Gasteiger charge is 2.28. The molecule has 0 fully saturated rings. The van der Waals surface area contributed by atoms with Crippen LogP contribution in [0.25, 0.3) is 0 Å². The second-order valence-electron chi connectivity index (χ2n) is 6.52. The molecule has 1 aliphatic heterocycles. The van der Waals surface area contributed by atoms with Gasteiger partial charge in [0.1, 0.15) is 5.82 Å². The molecule has 3 aromatic rings. The van der Waals surface area contributed by atoms with Crippen molar-refractivity contribution in [1.29, 1.82) is 0 Å². The second kappa shape index (κ2) is 8.09. The third kappa shape index (κ3) is 3.89. The Balaban J connectivity index is 1.83. The smallest absolute Gasteiger partial charge is 0.338 e. The number of anilines is 1. The van der Waals surface area contributed by atoms with Crippen molar-refractivity contribution in [1.82, 2.24) is 0 Å². The summed E-state index contributed by atoms with van der Waals surface area (Å²) in [5.74, 6) is -1.00. The molecule has 0 atom stereocenters. The van der Waals surface area contributed by atoms with Crippen LogP contribution in [-0.2, 0) is 11.3 Å². The molecule has 29 heavy (non-hydrogen) atoms. The summed E-state index contributed by atoms with van der Waals surface area (Å²) in [5.41, 5.74) is 2.21. The zero-order chi connectivity index (χ0) is 20.4. The molecule has 146 valence electrons. The van der Waals surface area contributed by atoms with Crippen molar-refractivity contribution in [3.63, 3.8) is 0 Å². The highest BCUT2D eigenvalue weighted by atomic mass is 32.2. The van der Waals surface area contributed by atoms with Crippen LogP contribution in [0.5, 0.6) is 0 Å². The summed E-state index contributed by atoms with van der Waals surface area (Å²) < 4.78 is 18.8. The van der Waals surface area contributed by atoms with Crippen molar-refractivity contribution in [2.24, 2.45) is 0 Å². The number of rotatable bonds is 4. The number of fused-ring (bicyclic) bond motifs is 2. The van der Waals surface area contributed by atoms with Crippen molar-refractivity contribution in [3.8, 4) is 0 Å². The topological polar surface area (TPSA) is 46.6 Å². The molecule has 0 unspecified atom stereocenters. The van der Waals surface area contributed by atoms with Gasteiger partial charge in [0, 0.05) is 9.79 Å². The normalized spacial score (nSPS) is 12.8. The molecule has 0 aromatic heterocycles. The fourth-order valence-corrected chi connectivity index (χ4v) is 4.30. The average Bonchev–Trinajstić information content (AvgIpc) is 2.83. The maximum Gasteiger partial charge on any atom is 0.338 e. The summed E-state index contributed by atoms with van der Waals surface area (Å²) in [6, 6.07) is 18.7. The molecule has 4 rings (SSSR count). The minimum absolute atomic E-state index is 0.185. The van der Waals surface area contributed by atoms with Crippen LogP contribution in [0.3, 0.4) is 0 Å². The highest BCUT2D eigenvalue weighted by molar-refractivity contribution is 7.99. The van der Waals surface area contributed by atoms with Gasteiger partial charge in [-0.25, -0.2) is 9.18 Å². The number of carbonyl (C=O) groups is 2. The van der Waals surface area contributed by atoms with Crippen LogP contribution in [0.2, 0.25) is 0 Å². The van der Waals surface area contributed by atoms with Crippen LogP contribution in [-0.4, -0.2) is 18.5 Å². The first-order valence-electron chi connectivity index (χ1n) is 9.21. The minimum Gasteiger partial charge on any atom is -0.462 e. The van der Waals surface area contributed by atoms with Crippen molar-refractivity contribution in [2.75, 3.05) is 11.5 Å². The number of hydrogen-bond acceptors (Lipinski definition) is 4. The highest BCUT2D eigenvalue weighted by Crippen LogP contribution is 2.42. The van der Waals surface area contributed by atoms with Gasteiger partial charge in [-0.3, -0.25) is 4.79 Å². The van der Waals surface area contributed by atoms with Crippen LogP contribution in [0.4, 0.5) is 10.1 Å². The number of amides is 1. The Labute approximate surface area is 172 Å². The molecule has 3 aromatic carbocycles. The molecular formula is C23H18FNO3S. The Bertz CT molecular complexity index is 1100. The van der Waals surface area contributed by atoms with Crippen molar-refractivity contribution in [2.45, 2.75) is 23.3 Å². The number of carbonyl (C=O) groups excluding carboxylic acids is 2. The molecule has 0 N–H and O–H groups in total. The van der Waals surface area contributed by atoms with Crippen LogP contribution in [0, 0.1) is 5.82 Å². The Morgan fingerprint density at radius 1 is 1.03 bits per heavy atom. The quantitative estimate of drug-likeness (QED) is 0.550. The SMILES string of the molecule is CCOC(=O)c1ccc2c(c1)N(Cc1cccc(F)c1)C(=O)c1ccccc1S2. The van der Waals surface area contributed by atoms with E-state index < -0.39 is 5.97 Å². The Morgan fingerprint density at radius 3 is 2.66 bits per heavy atom. The van der Waals surface area contributed by atoms with E-state index in [2.05, 4.69) is 0 Å². The van der Waals surface area contributed by atoms with E-state index in [1.807, 2.05) is 24.3 Å². The molecule has 0 radical (unpaired) electrons. The van der Waals surface area contributed by atoms with E-state index >= 15 is 0 Å². The fraction of sp³-hybridized carbons (Fsp3) is 0.130. The summed E-state index contributed by atoms with van der Waals surface area (Å²) in [4.78, 5) is 28.9. The van der Waals surface area contributed by atoms with Crippen LogP contribution in [0.1, 0.15) is 33.2 Å². The summed E-state index contributed by atoms with van der Waals surface area (Å²) in [6.45, 7) is 2.19. The van der Waals surface area contributed by atoms with E-state index in [9.17, 15) is 14.0 Å². The van der Waals surface area contributed by atoms with E-state index in [0.717, 1.165) is 9.79 Å². The second-order valence-corrected chi connectivity index (χ2v) is 7.61. The third-order valence-electron chi connectivity index (χ3n) is 4.57. The molecular weight excluding hydrogens is 389 g/mol. The minimum atomic E-state index is -0.444. The summed E-state index contributed by atoms with van der Waals surface area (Å²) in [5, 5.41) is 0. The van der Waals surface area contributed by atoms with Crippen LogP contribution in [0.15, 0.2) is 76.5 Å². The third-order valence-corrected chi connectivity index (χ3v) is 5.71. The first-order valence-corrected chi connectivity index (χ1v) is 10.0. The van der Waals surface area contributed by atoms with Crippen molar-refractivity contribution < 1.29 is 18.7 Å². The lowest BCUT2D eigenvalue weighted by molar-refractivity contribution is 0.0526. The number of esters is 1. The fourth-order valence-electron chi connectivity index (χ4n) is 3.24. The first kappa shape index (κ1) is 19.2. The predicted molar refractivity (Wildman–Crippen MR) is 110 cm³/mol. The summed E-state index contributed by atoms with van der Waals surface area (Å²) in [6.07, 6.45) is 0. The molecule has 1 amide bonds. The maximum atomic E-state index is 13.7. The van der Waals surface area contributed by atoms with E-state index in [4.69, 9.17) is 4.74 Å². The Hall–Kier alpha value is -3.12. The van der Waals surface area contributed by atoms with Crippen LogP contribution < -0.4 is 4.90 Å². The zero-order valence-corrected chi connectivity index (χ0v) is 16.5. The molecule has 4 nitrogen and oxygen atoms in total. The summed E-state index contributed by atoms with van der Waals surface area (Å²) >= 11 is 1.47. The maximum absolute atomic E-state index is 13.7. The molecule has 0 bridgehead atoms. The van der Waals surface area contributed by atoms with Crippen molar-refractivity contribution >= 4 is 29.3 Å². The average molecular weight is 407 g/mol. The van der Waals surface area contributed by atoms with Gasteiger partial charge < -0.3 is 9.64 Å². The van der Waals surface area contributed by atoms with Gasteiger partial charge in [-0.1, -0.05) is 36.0 Å². The monoisotopic (exact) mass is 407 g/mol. The largest absolute Gasteiger partial charge is 0.462 e. The predicted octanol–water partition coefficient (Wildman–Crippen LogP) is 5.31. The van der Waals surface area contributed by atoms with Gasteiger partial charge in [0.05, 0.1) is 30.0 Å². The van der Waals surface area contributed by atoms with Gasteiger partial charge in [-0.15, -0.1) is 0 Å². The zero-order valence-electron chi connectivity index (χ0n) is 15.7. The number of halogens is 1. The molecule has 0 spiro atoms. The number of ether oxygens (including phenoxy) is 1. The lowest BCUT2D eigenvalue weighted by Crippen LogP contribution is -2.30. The molecule has 0 aliphatic carbocycles. The standard InChI is InChI=1S/C23H18FNO3S/c1-2-28-23(27)16-10-11-21-19(13-16)25(14-15-6-5-7-17(24)12-15)22(26)18-8-3-4-9-20(18)29-21/h3-13H,2,14H2,1H3. The molecule has 6 heteroatoms. The van der Waals surface area contributed by atoms with E-state index in [-0.39, 0.29) is 24.9 Å². The van der Waals surface area contributed by atoms with Gasteiger partial charge in [0.2, 0.25) is 0 Å². The van der Waals surface area contributed by atoms with Gasteiger partial charge in [-0.05, 0) is 55.0 Å². The van der Waals surface area contributed by atoms with Crippen molar-refractivity contribution in [3.05, 3.63) is 89.2 Å². The molecule has 0 saturated carbocycles. The first-order chi connectivity index (χ1) is 14.1. The summed E-state index contributed by atoms with van der Waals surface area (Å²) in [7, 11) is 0. The lowest BCUT2D eigenvalue weighted by atomic mass is 10.1. The van der Waals surface area contributed by atoms with E-state index in [0.29, 0.717) is 22.4 Å². The van der Waals surface area contributed by atoms with Gasteiger partial charge in [0.15, 0.2) is 0 Å². The van der Waals surface area contributed by atoms with E-state index in [1.165, 1.54) is 23.9 Å². The van der Waals surface area contributed by atoms with Crippen LogP contribution >= 0.6 is 11.8 Å². The number of benzene rings is 3. The molecule has 0 saturated heterocycles. The molecule has 1 aliphatic rings. The van der Waals surface area contributed by atoms with Gasteiger partial charge >= 0.3 is 5.97 Å². The number of hydrogen-bond donors (Lipinski definition) is 0. The Morgan fingerprint density at radius 2 is 1.86 bits per heavy atom. The lowest BCUT2D eigenvalue weighted by Gasteiger charge is -2.23.